The molecule has 1 N–H and O–H groups in total. The molecule has 2 nitrogen and oxygen atoms in total. The van der Waals surface area contributed by atoms with Gasteiger partial charge in [0, 0.05) is 23.7 Å². The Kier molecular flexibility index (Phi) is 7.02. The van der Waals surface area contributed by atoms with Crippen LogP contribution in [-0.2, 0) is 0 Å². The first-order chi connectivity index (χ1) is 12.3. The molecule has 1 aromatic rings. The number of hydrogen-bond acceptors (Lipinski definition) is 2. The molecule has 1 aliphatic heterocycles. The van der Waals surface area contributed by atoms with Crippen molar-refractivity contribution in [3.8, 4) is 0 Å². The summed E-state index contributed by atoms with van der Waals surface area (Å²) in [5.74, 6) is 2.11. The van der Waals surface area contributed by atoms with E-state index in [0.29, 0.717) is 5.92 Å². The highest BCUT2D eigenvalue weighted by Gasteiger charge is 2.23. The summed E-state index contributed by atoms with van der Waals surface area (Å²) in [4.78, 5) is 4.76. The van der Waals surface area contributed by atoms with Gasteiger partial charge in [0.1, 0.15) is 5.84 Å². The minimum absolute atomic E-state index is 0.380. The van der Waals surface area contributed by atoms with Crippen LogP contribution >= 0.6 is 0 Å². The Hall–Kier alpha value is -2.09. The largest absolute Gasteiger partial charge is 0.343 e. The zero-order chi connectivity index (χ0) is 19.3. The van der Waals surface area contributed by atoms with Crippen LogP contribution in [-0.4, -0.2) is 5.84 Å². The Balaban J connectivity index is 1.98. The van der Waals surface area contributed by atoms with Gasteiger partial charge in [-0.2, -0.15) is 0 Å². The smallest absolute Gasteiger partial charge is 0.110 e. The fraction of sp³-hybridized carbons (Fsp3) is 0.458. The summed E-state index contributed by atoms with van der Waals surface area (Å²) in [6.07, 6.45) is 4.42. The van der Waals surface area contributed by atoms with Gasteiger partial charge in [0.15, 0.2) is 0 Å². The predicted molar refractivity (Wildman–Crippen MR) is 115 cm³/mol. The molecule has 0 saturated carbocycles. The van der Waals surface area contributed by atoms with Crippen LogP contribution in [0.3, 0.4) is 0 Å². The number of nitrogens with one attached hydrogen (secondary N) is 1. The highest BCUT2D eigenvalue weighted by atomic mass is 15.0. The van der Waals surface area contributed by atoms with E-state index in [1.165, 1.54) is 29.6 Å². The minimum atomic E-state index is 0.380. The highest BCUT2D eigenvalue weighted by molar-refractivity contribution is 5.94. The van der Waals surface area contributed by atoms with Gasteiger partial charge in [-0.15, -0.1) is 0 Å². The highest BCUT2D eigenvalue weighted by Crippen LogP contribution is 2.33. The van der Waals surface area contributed by atoms with Crippen LogP contribution in [0.1, 0.15) is 64.5 Å². The second kappa shape index (κ2) is 9.02. The average molecular weight is 351 g/mol. The lowest BCUT2D eigenvalue weighted by Crippen LogP contribution is -2.21. The van der Waals surface area contributed by atoms with Crippen LogP contribution in [0.5, 0.6) is 0 Å². The van der Waals surface area contributed by atoms with Crippen LogP contribution < -0.4 is 5.32 Å². The van der Waals surface area contributed by atoms with Crippen LogP contribution in [0.15, 0.2) is 59.3 Å². The maximum absolute atomic E-state index is 4.76. The molecule has 2 heteroatoms. The van der Waals surface area contributed by atoms with Crippen molar-refractivity contribution in [2.24, 2.45) is 16.8 Å². The first-order valence-corrected chi connectivity index (χ1v) is 9.83. The van der Waals surface area contributed by atoms with Crippen molar-refractivity contribution < 1.29 is 0 Å². The number of aliphatic imine (C=N–C) groups is 1. The molecule has 0 saturated heterocycles. The molecule has 1 unspecified atom stereocenters. The lowest BCUT2D eigenvalue weighted by atomic mass is 9.84. The molecule has 1 aromatic carbocycles. The second-order valence-corrected chi connectivity index (χ2v) is 7.59. The third-order valence-corrected chi connectivity index (χ3v) is 5.63. The number of nitrogens with zero attached hydrogens (tertiary/aromatic N) is 1. The number of benzene rings is 1. The molecule has 26 heavy (non-hydrogen) atoms. The Morgan fingerprint density at radius 3 is 2.50 bits per heavy atom. The first kappa shape index (κ1) is 20.2. The van der Waals surface area contributed by atoms with Gasteiger partial charge < -0.3 is 5.32 Å². The molecule has 2 rings (SSSR count). The van der Waals surface area contributed by atoms with Gasteiger partial charge in [0.25, 0.3) is 0 Å². The molecule has 1 aliphatic rings. The minimum Gasteiger partial charge on any atom is -0.343 e. The Morgan fingerprint density at radius 2 is 1.88 bits per heavy atom. The first-order valence-electron chi connectivity index (χ1n) is 9.83. The molecule has 1 atom stereocenters. The second-order valence-electron chi connectivity index (χ2n) is 7.59. The third kappa shape index (κ3) is 4.97. The zero-order valence-electron chi connectivity index (χ0n) is 17.2. The molecular formula is C24H34N2. The monoisotopic (exact) mass is 350 g/mol. The van der Waals surface area contributed by atoms with Gasteiger partial charge in [0.2, 0.25) is 0 Å². The van der Waals surface area contributed by atoms with Gasteiger partial charge in [0.05, 0.1) is 0 Å². The summed E-state index contributed by atoms with van der Waals surface area (Å²) in [5.41, 5.74) is 7.11. The lowest BCUT2D eigenvalue weighted by molar-refractivity contribution is 0.472. The van der Waals surface area contributed by atoms with Crippen molar-refractivity contribution in [1.29, 1.82) is 0 Å². The van der Waals surface area contributed by atoms with E-state index in [0.717, 1.165) is 41.6 Å². The van der Waals surface area contributed by atoms with Crippen molar-refractivity contribution in [2.75, 3.05) is 0 Å². The summed E-state index contributed by atoms with van der Waals surface area (Å²) in [6, 6.07) is 8.39. The molecule has 0 fully saturated rings. The standard InChI is InChI=1S/C24H34N2/c1-8-21(9-2)14-17(4)18(5)23-15-24(26-20(23)7)25-19(6)22-12-10-11-16(3)13-22/h10-13,18,21H,4,6,8-9,14-15H2,1-3,5,7H3,(H,25,26). The van der Waals surface area contributed by atoms with Crippen molar-refractivity contribution in [3.05, 3.63) is 65.4 Å². The molecule has 0 radical (unpaired) electrons. The lowest BCUT2D eigenvalue weighted by Gasteiger charge is -2.21. The van der Waals surface area contributed by atoms with E-state index in [2.05, 4.69) is 77.4 Å². The Morgan fingerprint density at radius 1 is 1.19 bits per heavy atom. The average Bonchev–Trinajstić information content (AvgIpc) is 2.98. The summed E-state index contributed by atoms with van der Waals surface area (Å²) >= 11 is 0. The molecule has 0 aliphatic carbocycles. The molecule has 0 spiro atoms. The van der Waals surface area contributed by atoms with Crippen molar-refractivity contribution >= 4 is 11.5 Å². The fourth-order valence-electron chi connectivity index (χ4n) is 3.61. The van der Waals surface area contributed by atoms with Gasteiger partial charge in [-0.25, -0.2) is 4.99 Å². The van der Waals surface area contributed by atoms with Crippen LogP contribution in [0.2, 0.25) is 0 Å². The maximum atomic E-state index is 4.76. The number of allylic oxidation sites excluding steroid dienone is 2. The van der Waals surface area contributed by atoms with Crippen LogP contribution in [0.4, 0.5) is 0 Å². The van der Waals surface area contributed by atoms with E-state index in [9.17, 15) is 0 Å². The van der Waals surface area contributed by atoms with Crippen LogP contribution in [0.25, 0.3) is 5.70 Å². The van der Waals surface area contributed by atoms with Crippen molar-refractivity contribution in [2.45, 2.75) is 60.3 Å². The number of aryl methyl sites for hydroxylation is 1. The van der Waals surface area contributed by atoms with Gasteiger partial charge >= 0.3 is 0 Å². The van der Waals surface area contributed by atoms with E-state index in [1.54, 1.807) is 0 Å². The van der Waals surface area contributed by atoms with Gasteiger partial charge in [-0.3, -0.25) is 0 Å². The number of hydrogen-bond donors (Lipinski definition) is 1. The van der Waals surface area contributed by atoms with Gasteiger partial charge in [-0.05, 0) is 43.4 Å². The maximum Gasteiger partial charge on any atom is 0.110 e. The molecular weight excluding hydrogens is 316 g/mol. The van der Waals surface area contributed by atoms with Crippen molar-refractivity contribution in [3.63, 3.8) is 0 Å². The normalized spacial score (nSPS) is 15.2. The Bertz CT molecular complexity index is 732. The molecule has 0 aromatic heterocycles. The van der Waals surface area contributed by atoms with E-state index < -0.39 is 0 Å². The molecule has 0 amide bonds. The van der Waals surface area contributed by atoms with Crippen LogP contribution in [0, 0.1) is 18.8 Å². The summed E-state index contributed by atoms with van der Waals surface area (Å²) in [6.45, 7) is 19.6. The van der Waals surface area contributed by atoms with E-state index in [-0.39, 0.29) is 0 Å². The number of rotatable bonds is 8. The quantitative estimate of drug-likeness (QED) is 0.521. The fourth-order valence-corrected chi connectivity index (χ4v) is 3.61. The summed E-state index contributed by atoms with van der Waals surface area (Å²) < 4.78 is 0. The SMILES string of the molecule is C=C(NC1=NC(C)=C(C(C)C(=C)CC(CC)CC)C1)c1cccc(C)c1. The third-order valence-electron chi connectivity index (χ3n) is 5.63. The van der Waals surface area contributed by atoms with E-state index in [4.69, 9.17) is 4.99 Å². The zero-order valence-corrected chi connectivity index (χ0v) is 17.2. The van der Waals surface area contributed by atoms with E-state index in [1.807, 2.05) is 0 Å². The van der Waals surface area contributed by atoms with Gasteiger partial charge in [-0.1, -0.05) is 76.1 Å². The molecule has 1 heterocycles. The van der Waals surface area contributed by atoms with E-state index >= 15 is 0 Å². The van der Waals surface area contributed by atoms with Crippen molar-refractivity contribution in [1.82, 2.24) is 5.32 Å². The summed E-state index contributed by atoms with van der Waals surface area (Å²) in [5, 5.41) is 3.42. The topological polar surface area (TPSA) is 24.4 Å². The molecule has 0 bridgehead atoms. The number of amidine groups is 1. The molecule has 140 valence electrons. The predicted octanol–water partition coefficient (Wildman–Crippen LogP) is 6.65. The summed E-state index contributed by atoms with van der Waals surface area (Å²) in [7, 11) is 0. The Labute approximate surface area is 159 Å².